The summed E-state index contributed by atoms with van der Waals surface area (Å²) in [6, 6.07) is 3.78. The third-order valence-electron chi connectivity index (χ3n) is 4.55. The minimum absolute atomic E-state index is 0.128. The smallest absolute Gasteiger partial charge is 0.243 e. The van der Waals surface area contributed by atoms with Crippen LogP contribution in [0.5, 0.6) is 0 Å². The Morgan fingerprint density at radius 3 is 3.00 bits per heavy atom. The molecule has 3 aromatic heterocycles. The molecule has 1 saturated heterocycles. The van der Waals surface area contributed by atoms with Gasteiger partial charge in [0.1, 0.15) is 11.3 Å². The highest BCUT2D eigenvalue weighted by molar-refractivity contribution is 6.28. The first kappa shape index (κ1) is 15.5. The third-order valence-corrected chi connectivity index (χ3v) is 4.71. The van der Waals surface area contributed by atoms with Gasteiger partial charge in [-0.3, -0.25) is 0 Å². The van der Waals surface area contributed by atoms with Crippen molar-refractivity contribution in [3.05, 3.63) is 46.3 Å². The molecule has 4 heterocycles. The quantitative estimate of drug-likeness (QED) is 0.771. The lowest BCUT2D eigenvalue weighted by molar-refractivity contribution is 0.111. The molecular weight excluding hydrogens is 328 g/mol. The summed E-state index contributed by atoms with van der Waals surface area (Å²) in [5.74, 6) is 1.54. The Labute approximate surface area is 144 Å². The zero-order valence-corrected chi connectivity index (χ0v) is 14.4. The molecule has 6 nitrogen and oxygen atoms in total. The predicted molar refractivity (Wildman–Crippen MR) is 91.4 cm³/mol. The SMILES string of the molecule is Cc1c(C2CCCO2)c(C)n2nc(Cl)nc(NCc3ccco3)c12. The van der Waals surface area contributed by atoms with Crippen LogP contribution in [0.15, 0.2) is 22.8 Å². The fraction of sp³-hybridized carbons (Fsp3) is 0.412. The van der Waals surface area contributed by atoms with Crippen LogP contribution in [-0.4, -0.2) is 21.2 Å². The van der Waals surface area contributed by atoms with E-state index in [1.807, 2.05) is 16.6 Å². The Bertz CT molecular complexity index is 867. The van der Waals surface area contributed by atoms with Crippen LogP contribution in [0, 0.1) is 13.8 Å². The number of aromatic nitrogens is 3. The van der Waals surface area contributed by atoms with Crippen molar-refractivity contribution in [1.29, 1.82) is 0 Å². The zero-order valence-electron chi connectivity index (χ0n) is 13.7. The highest BCUT2D eigenvalue weighted by Gasteiger charge is 2.27. The maximum Gasteiger partial charge on any atom is 0.243 e. The Morgan fingerprint density at radius 2 is 2.29 bits per heavy atom. The number of ether oxygens (including phenoxy) is 1. The van der Waals surface area contributed by atoms with Gasteiger partial charge >= 0.3 is 0 Å². The summed E-state index contributed by atoms with van der Waals surface area (Å²) >= 11 is 6.14. The first-order valence-corrected chi connectivity index (χ1v) is 8.46. The van der Waals surface area contributed by atoms with Crippen LogP contribution in [0.2, 0.25) is 5.28 Å². The summed E-state index contributed by atoms with van der Waals surface area (Å²) in [6.07, 6.45) is 3.91. The molecule has 0 spiro atoms. The van der Waals surface area contributed by atoms with Crippen LogP contribution in [0.25, 0.3) is 5.52 Å². The van der Waals surface area contributed by atoms with Crippen molar-refractivity contribution < 1.29 is 9.15 Å². The monoisotopic (exact) mass is 346 g/mol. The number of nitrogens with zero attached hydrogens (tertiary/aromatic N) is 3. The summed E-state index contributed by atoms with van der Waals surface area (Å²) in [6.45, 7) is 5.49. The van der Waals surface area contributed by atoms with E-state index in [0.717, 1.165) is 42.0 Å². The number of furan rings is 1. The highest BCUT2D eigenvalue weighted by Crippen LogP contribution is 2.37. The van der Waals surface area contributed by atoms with Gasteiger partial charge in [0.2, 0.25) is 5.28 Å². The van der Waals surface area contributed by atoms with E-state index in [1.54, 1.807) is 6.26 Å². The maximum absolute atomic E-state index is 6.14. The molecule has 1 fully saturated rings. The van der Waals surface area contributed by atoms with Gasteiger partial charge in [-0.2, -0.15) is 4.98 Å². The second-order valence-corrected chi connectivity index (χ2v) is 6.39. The molecule has 1 N–H and O–H groups in total. The van der Waals surface area contributed by atoms with E-state index in [-0.39, 0.29) is 11.4 Å². The van der Waals surface area contributed by atoms with Gasteiger partial charge in [-0.25, -0.2) is 4.52 Å². The largest absolute Gasteiger partial charge is 0.467 e. The van der Waals surface area contributed by atoms with E-state index in [4.69, 9.17) is 20.8 Å². The van der Waals surface area contributed by atoms with Crippen molar-refractivity contribution in [2.75, 3.05) is 11.9 Å². The summed E-state index contributed by atoms with van der Waals surface area (Å²) < 4.78 is 13.1. The molecular formula is C17H19ClN4O2. The normalized spacial score (nSPS) is 17.7. The van der Waals surface area contributed by atoms with Crippen molar-refractivity contribution >= 4 is 22.9 Å². The summed E-state index contributed by atoms with van der Waals surface area (Å²) in [4.78, 5) is 4.38. The zero-order chi connectivity index (χ0) is 16.7. The average Bonchev–Trinajstić information content (AvgIpc) is 3.28. The number of anilines is 1. The van der Waals surface area contributed by atoms with Crippen molar-refractivity contribution in [2.45, 2.75) is 39.3 Å². The minimum Gasteiger partial charge on any atom is -0.467 e. The second kappa shape index (κ2) is 6.11. The van der Waals surface area contributed by atoms with Crippen LogP contribution >= 0.6 is 11.6 Å². The second-order valence-electron chi connectivity index (χ2n) is 6.05. The van der Waals surface area contributed by atoms with Gasteiger partial charge in [-0.1, -0.05) is 0 Å². The van der Waals surface area contributed by atoms with E-state index in [2.05, 4.69) is 29.2 Å². The Balaban J connectivity index is 1.79. The molecule has 1 aliphatic heterocycles. The maximum atomic E-state index is 6.14. The number of fused-ring (bicyclic) bond motifs is 1. The summed E-state index contributed by atoms with van der Waals surface area (Å²) in [5.41, 5.74) is 4.33. The van der Waals surface area contributed by atoms with E-state index in [0.29, 0.717) is 12.4 Å². The van der Waals surface area contributed by atoms with Crippen LogP contribution in [0.4, 0.5) is 5.82 Å². The molecule has 0 radical (unpaired) electrons. The van der Waals surface area contributed by atoms with Gasteiger partial charge < -0.3 is 14.5 Å². The fourth-order valence-corrected chi connectivity index (χ4v) is 3.64. The summed E-state index contributed by atoms with van der Waals surface area (Å²) in [7, 11) is 0. The number of nitrogens with one attached hydrogen (secondary N) is 1. The molecule has 1 atom stereocenters. The van der Waals surface area contributed by atoms with Crippen molar-refractivity contribution in [1.82, 2.24) is 14.6 Å². The topological polar surface area (TPSA) is 64.6 Å². The van der Waals surface area contributed by atoms with Gasteiger partial charge in [-0.05, 0) is 56.0 Å². The Hall–Kier alpha value is -2.05. The van der Waals surface area contributed by atoms with Crippen LogP contribution < -0.4 is 5.32 Å². The molecule has 4 rings (SSSR count). The first-order chi connectivity index (χ1) is 11.6. The molecule has 3 aromatic rings. The molecule has 0 saturated carbocycles. The van der Waals surface area contributed by atoms with Crippen molar-refractivity contribution in [2.24, 2.45) is 0 Å². The minimum atomic E-state index is 0.128. The predicted octanol–water partition coefficient (Wildman–Crippen LogP) is 4.06. The molecule has 1 unspecified atom stereocenters. The number of rotatable bonds is 4. The molecule has 24 heavy (non-hydrogen) atoms. The molecule has 0 aliphatic carbocycles. The van der Waals surface area contributed by atoms with Crippen LogP contribution in [0.3, 0.4) is 0 Å². The number of hydrogen-bond donors (Lipinski definition) is 1. The molecule has 0 amide bonds. The summed E-state index contributed by atoms with van der Waals surface area (Å²) in [5, 5.41) is 7.91. The molecule has 0 bridgehead atoms. The van der Waals surface area contributed by atoms with E-state index in [1.165, 1.54) is 5.56 Å². The van der Waals surface area contributed by atoms with E-state index >= 15 is 0 Å². The molecule has 7 heteroatoms. The number of aryl methyl sites for hydroxylation is 2. The van der Waals surface area contributed by atoms with E-state index in [9.17, 15) is 0 Å². The Morgan fingerprint density at radius 1 is 1.42 bits per heavy atom. The third kappa shape index (κ3) is 2.56. The van der Waals surface area contributed by atoms with Gasteiger partial charge in [0, 0.05) is 17.9 Å². The first-order valence-electron chi connectivity index (χ1n) is 8.08. The molecule has 1 aliphatic rings. The Kier molecular flexibility index (Phi) is 3.94. The van der Waals surface area contributed by atoms with Gasteiger partial charge in [0.15, 0.2) is 5.82 Å². The standard InChI is InChI=1S/C17H19ClN4O2/c1-10-14(13-6-4-8-24-13)11(2)22-15(10)16(20-17(18)21-22)19-9-12-5-3-7-23-12/h3,5,7,13H,4,6,8-9H2,1-2H3,(H,19,20,21). The van der Waals surface area contributed by atoms with Gasteiger partial charge in [-0.15, -0.1) is 5.10 Å². The molecule has 126 valence electrons. The van der Waals surface area contributed by atoms with Gasteiger partial charge in [0.25, 0.3) is 0 Å². The highest BCUT2D eigenvalue weighted by atomic mass is 35.5. The lowest BCUT2D eigenvalue weighted by Gasteiger charge is -2.10. The fourth-order valence-electron chi connectivity index (χ4n) is 3.48. The number of hydrogen-bond acceptors (Lipinski definition) is 5. The van der Waals surface area contributed by atoms with Gasteiger partial charge in [0.05, 0.1) is 18.9 Å². The number of halogens is 1. The lowest BCUT2D eigenvalue weighted by Crippen LogP contribution is -2.06. The van der Waals surface area contributed by atoms with E-state index < -0.39 is 0 Å². The van der Waals surface area contributed by atoms with Crippen LogP contribution in [-0.2, 0) is 11.3 Å². The van der Waals surface area contributed by atoms with Crippen molar-refractivity contribution in [3.63, 3.8) is 0 Å². The molecule has 0 aromatic carbocycles. The lowest BCUT2D eigenvalue weighted by atomic mass is 10.0. The van der Waals surface area contributed by atoms with Crippen LogP contribution in [0.1, 0.15) is 41.5 Å². The average molecular weight is 347 g/mol. The van der Waals surface area contributed by atoms with Crippen molar-refractivity contribution in [3.8, 4) is 0 Å².